The summed E-state index contributed by atoms with van der Waals surface area (Å²) in [5.74, 6) is 2.77. The minimum atomic E-state index is 0.00663. The molecule has 0 spiro atoms. The summed E-state index contributed by atoms with van der Waals surface area (Å²) in [7, 11) is 5.44. The molecule has 1 aliphatic rings. The summed E-state index contributed by atoms with van der Waals surface area (Å²) < 4.78 is 10.2. The van der Waals surface area contributed by atoms with Crippen molar-refractivity contribution < 1.29 is 14.1 Å². The largest absolute Gasteiger partial charge is 0.479 e. The van der Waals surface area contributed by atoms with E-state index in [0.29, 0.717) is 24.5 Å². The second-order valence-electron chi connectivity index (χ2n) is 6.67. The van der Waals surface area contributed by atoms with Gasteiger partial charge in [-0.2, -0.15) is 0 Å². The molecular weight excluding hydrogens is 334 g/mol. The highest BCUT2D eigenvalue weighted by atomic mass is 16.5. The Bertz CT molecular complexity index is 774. The van der Waals surface area contributed by atoms with Crippen molar-refractivity contribution in [2.75, 3.05) is 32.6 Å². The fourth-order valence-corrected chi connectivity index (χ4v) is 3.23. The lowest BCUT2D eigenvalue weighted by atomic mass is 10.1. The lowest BCUT2D eigenvalue weighted by Gasteiger charge is -2.25. The van der Waals surface area contributed by atoms with Gasteiger partial charge < -0.3 is 19.1 Å². The van der Waals surface area contributed by atoms with Gasteiger partial charge in [-0.05, 0) is 24.9 Å². The van der Waals surface area contributed by atoms with Gasteiger partial charge in [0, 0.05) is 45.6 Å². The number of hydrogen-bond acceptors (Lipinski definition) is 7. The van der Waals surface area contributed by atoms with Gasteiger partial charge in [0.05, 0.1) is 18.8 Å². The quantitative estimate of drug-likeness (QED) is 0.781. The minimum Gasteiger partial charge on any atom is -0.479 e. The van der Waals surface area contributed by atoms with E-state index in [0.717, 1.165) is 36.7 Å². The van der Waals surface area contributed by atoms with Crippen LogP contribution in [-0.2, 0) is 11.2 Å². The lowest BCUT2D eigenvalue weighted by Crippen LogP contribution is -2.31. The van der Waals surface area contributed by atoms with Crippen molar-refractivity contribution in [3.05, 3.63) is 29.4 Å². The second-order valence-corrected chi connectivity index (χ2v) is 6.67. The Morgan fingerprint density at radius 3 is 2.88 bits per heavy atom. The van der Waals surface area contributed by atoms with Crippen molar-refractivity contribution in [3.63, 3.8) is 0 Å². The van der Waals surface area contributed by atoms with E-state index >= 15 is 0 Å². The smallest absolute Gasteiger partial charge is 0.254 e. The van der Waals surface area contributed by atoms with Crippen LogP contribution in [0.5, 0.6) is 5.88 Å². The molecule has 3 heterocycles. The third kappa shape index (κ3) is 3.95. The maximum atomic E-state index is 12.8. The number of carbonyl (C=O) groups is 1. The van der Waals surface area contributed by atoms with Crippen molar-refractivity contribution in [2.24, 2.45) is 0 Å². The van der Waals surface area contributed by atoms with Crippen LogP contribution >= 0.6 is 0 Å². The minimum absolute atomic E-state index is 0.00663. The maximum absolute atomic E-state index is 12.8. The molecule has 1 atom stereocenters. The zero-order valence-electron chi connectivity index (χ0n) is 15.7. The SMILES string of the molecule is COc1cc(CCC(=O)N2CCC[C@@H]2c2cc(N(C)C)nc(C)n2)on1. The topological polar surface area (TPSA) is 84.6 Å². The van der Waals surface area contributed by atoms with E-state index in [-0.39, 0.29) is 11.9 Å². The Kier molecular flexibility index (Phi) is 5.39. The molecule has 0 aromatic carbocycles. The average molecular weight is 359 g/mol. The van der Waals surface area contributed by atoms with Crippen molar-refractivity contribution in [1.29, 1.82) is 0 Å². The molecule has 1 saturated heterocycles. The average Bonchev–Trinajstić information content (AvgIpc) is 3.28. The van der Waals surface area contributed by atoms with Gasteiger partial charge in [-0.1, -0.05) is 0 Å². The molecule has 8 heteroatoms. The number of aryl methyl sites for hydroxylation is 2. The molecule has 0 unspecified atom stereocenters. The number of aromatic nitrogens is 3. The molecule has 0 aliphatic carbocycles. The number of carbonyl (C=O) groups excluding carboxylic acids is 1. The van der Waals surface area contributed by atoms with Crippen molar-refractivity contribution in [1.82, 2.24) is 20.0 Å². The van der Waals surface area contributed by atoms with Gasteiger partial charge in [0.2, 0.25) is 5.91 Å². The van der Waals surface area contributed by atoms with Crippen LogP contribution in [0.4, 0.5) is 5.82 Å². The first-order valence-electron chi connectivity index (χ1n) is 8.80. The molecule has 1 amide bonds. The fraction of sp³-hybridized carbons (Fsp3) is 0.556. The third-order valence-corrected chi connectivity index (χ3v) is 4.55. The van der Waals surface area contributed by atoms with Crippen LogP contribution in [0.25, 0.3) is 0 Å². The van der Waals surface area contributed by atoms with Gasteiger partial charge in [-0.15, -0.1) is 0 Å². The van der Waals surface area contributed by atoms with Crippen molar-refractivity contribution >= 4 is 11.7 Å². The summed E-state index contributed by atoms with van der Waals surface area (Å²) in [5, 5.41) is 3.76. The Hall–Kier alpha value is -2.64. The Balaban J connectivity index is 1.70. The van der Waals surface area contributed by atoms with Crippen LogP contribution in [0.3, 0.4) is 0 Å². The summed E-state index contributed by atoms with van der Waals surface area (Å²) in [4.78, 5) is 25.7. The van der Waals surface area contributed by atoms with Gasteiger partial charge in [-0.3, -0.25) is 4.79 Å². The third-order valence-electron chi connectivity index (χ3n) is 4.55. The summed E-state index contributed by atoms with van der Waals surface area (Å²) in [6.45, 7) is 2.64. The molecule has 0 bridgehead atoms. The highest BCUT2D eigenvalue weighted by molar-refractivity contribution is 5.77. The van der Waals surface area contributed by atoms with Gasteiger partial charge in [-0.25, -0.2) is 9.97 Å². The Morgan fingerprint density at radius 2 is 2.19 bits per heavy atom. The molecule has 3 rings (SSSR count). The predicted molar refractivity (Wildman–Crippen MR) is 96.2 cm³/mol. The summed E-state index contributed by atoms with van der Waals surface area (Å²) in [6.07, 6.45) is 2.78. The first-order chi connectivity index (χ1) is 12.5. The summed E-state index contributed by atoms with van der Waals surface area (Å²) >= 11 is 0. The van der Waals surface area contributed by atoms with Gasteiger partial charge in [0.25, 0.3) is 5.88 Å². The molecule has 8 nitrogen and oxygen atoms in total. The van der Waals surface area contributed by atoms with E-state index < -0.39 is 0 Å². The molecule has 0 N–H and O–H groups in total. The molecule has 0 radical (unpaired) electrons. The number of amides is 1. The van der Waals surface area contributed by atoms with Crippen LogP contribution in [0.15, 0.2) is 16.7 Å². The number of hydrogen-bond donors (Lipinski definition) is 0. The van der Waals surface area contributed by atoms with Crippen LogP contribution in [-0.4, -0.2) is 53.7 Å². The van der Waals surface area contributed by atoms with Crippen molar-refractivity contribution in [2.45, 2.75) is 38.6 Å². The molecule has 26 heavy (non-hydrogen) atoms. The first kappa shape index (κ1) is 18.2. The zero-order chi connectivity index (χ0) is 18.7. The van der Waals surface area contributed by atoms with Crippen LogP contribution in [0, 0.1) is 6.92 Å². The number of methoxy groups -OCH3 is 1. The summed E-state index contributed by atoms with van der Waals surface area (Å²) in [6, 6.07) is 3.70. The lowest BCUT2D eigenvalue weighted by molar-refractivity contribution is -0.132. The summed E-state index contributed by atoms with van der Waals surface area (Å²) in [5.41, 5.74) is 0.911. The van der Waals surface area contributed by atoms with Gasteiger partial charge in [0.15, 0.2) is 0 Å². The van der Waals surface area contributed by atoms with Crippen LogP contribution in [0.2, 0.25) is 0 Å². The Labute approximate surface area is 153 Å². The van der Waals surface area contributed by atoms with Gasteiger partial charge in [0.1, 0.15) is 17.4 Å². The molecule has 0 saturated carbocycles. The zero-order valence-corrected chi connectivity index (χ0v) is 15.7. The number of likely N-dealkylation sites (tertiary alicyclic amines) is 1. The molecule has 1 fully saturated rings. The predicted octanol–water partition coefficient (Wildman–Crippen LogP) is 2.14. The van der Waals surface area contributed by atoms with Gasteiger partial charge >= 0.3 is 0 Å². The maximum Gasteiger partial charge on any atom is 0.254 e. The Morgan fingerprint density at radius 1 is 1.38 bits per heavy atom. The molecule has 2 aromatic heterocycles. The second kappa shape index (κ2) is 7.72. The van der Waals surface area contributed by atoms with E-state index in [1.54, 1.807) is 6.07 Å². The monoisotopic (exact) mass is 359 g/mol. The highest BCUT2D eigenvalue weighted by Gasteiger charge is 2.31. The first-order valence-corrected chi connectivity index (χ1v) is 8.80. The fourth-order valence-electron chi connectivity index (χ4n) is 3.23. The van der Waals surface area contributed by atoms with Crippen molar-refractivity contribution in [3.8, 4) is 5.88 Å². The molecule has 140 valence electrons. The number of ether oxygens (including phenoxy) is 1. The molecular formula is C18H25N5O3. The number of anilines is 1. The highest BCUT2D eigenvalue weighted by Crippen LogP contribution is 2.32. The van der Waals surface area contributed by atoms with E-state index in [4.69, 9.17) is 9.26 Å². The standard InChI is InChI=1S/C18H25N5O3/c1-12-19-14(11-16(20-12)22(2)3)15-6-5-9-23(15)18(24)8-7-13-10-17(25-4)21-26-13/h10-11,15H,5-9H2,1-4H3/t15-/m1/s1. The van der Waals surface area contributed by atoms with E-state index in [9.17, 15) is 4.79 Å². The molecule has 1 aliphatic heterocycles. The number of nitrogens with zero attached hydrogens (tertiary/aromatic N) is 5. The van der Waals surface area contributed by atoms with Crippen LogP contribution in [0.1, 0.15) is 42.6 Å². The molecule has 2 aromatic rings. The number of rotatable bonds is 6. The van der Waals surface area contributed by atoms with E-state index in [1.165, 1.54) is 7.11 Å². The van der Waals surface area contributed by atoms with E-state index in [1.807, 2.05) is 36.9 Å². The van der Waals surface area contributed by atoms with E-state index in [2.05, 4.69) is 15.1 Å². The normalized spacial score (nSPS) is 16.8. The van der Waals surface area contributed by atoms with Crippen LogP contribution < -0.4 is 9.64 Å².